The number of hydrogen-bond acceptors (Lipinski definition) is 6. The third-order valence-corrected chi connectivity index (χ3v) is 4.95. The van der Waals surface area contributed by atoms with Gasteiger partial charge in [0.1, 0.15) is 0 Å². The van der Waals surface area contributed by atoms with Crippen LogP contribution >= 0.6 is 45.8 Å². The predicted octanol–water partition coefficient (Wildman–Crippen LogP) is 4.28. The van der Waals surface area contributed by atoms with Gasteiger partial charge in [0, 0.05) is 15.6 Å². The highest BCUT2D eigenvalue weighted by atomic mass is 127. The number of hydrazone groups is 1. The Hall–Kier alpha value is -1.71. The molecule has 0 saturated heterocycles. The maximum atomic E-state index is 11.3. The van der Waals surface area contributed by atoms with E-state index in [1.807, 2.05) is 6.07 Å². The van der Waals surface area contributed by atoms with Gasteiger partial charge in [0.15, 0.2) is 18.1 Å². The summed E-state index contributed by atoms with van der Waals surface area (Å²) in [6.07, 6.45) is 1.64. The average Bonchev–Trinajstić information content (AvgIpc) is 2.65. The standard InChI is InChI=1S/C18H17Cl2IN2O4/c1-25-16-7-11(6-15(21)18(16)27-10-17(24)26-2)8-22-23-9-12-13(19)4-3-5-14(12)20/h3-8,23H,9-10H2,1-2H3/b22-8+. The van der Waals surface area contributed by atoms with Gasteiger partial charge in [-0.2, -0.15) is 5.10 Å². The van der Waals surface area contributed by atoms with Gasteiger partial charge in [-0.05, 0) is 52.4 Å². The molecule has 0 aliphatic rings. The van der Waals surface area contributed by atoms with Gasteiger partial charge < -0.3 is 19.6 Å². The zero-order valence-corrected chi connectivity index (χ0v) is 18.3. The molecule has 0 aliphatic carbocycles. The topological polar surface area (TPSA) is 69.2 Å². The minimum Gasteiger partial charge on any atom is -0.493 e. The van der Waals surface area contributed by atoms with Crippen LogP contribution in [-0.4, -0.2) is 33.0 Å². The number of carbonyl (C=O) groups excluding carboxylic acids is 1. The molecule has 0 bridgehead atoms. The Balaban J connectivity index is 2.07. The van der Waals surface area contributed by atoms with E-state index in [4.69, 9.17) is 32.7 Å². The van der Waals surface area contributed by atoms with Crippen LogP contribution in [0.5, 0.6) is 11.5 Å². The molecule has 0 heterocycles. The van der Waals surface area contributed by atoms with Gasteiger partial charge >= 0.3 is 5.97 Å². The van der Waals surface area contributed by atoms with Crippen molar-refractivity contribution < 1.29 is 19.0 Å². The molecule has 0 fully saturated rings. The predicted molar refractivity (Wildman–Crippen MR) is 114 cm³/mol. The van der Waals surface area contributed by atoms with Gasteiger partial charge in [-0.25, -0.2) is 4.79 Å². The van der Waals surface area contributed by atoms with Gasteiger partial charge in [0.2, 0.25) is 0 Å². The number of esters is 1. The highest BCUT2D eigenvalue weighted by molar-refractivity contribution is 14.1. The monoisotopic (exact) mass is 522 g/mol. The summed E-state index contributed by atoms with van der Waals surface area (Å²) >= 11 is 14.3. The highest BCUT2D eigenvalue weighted by Crippen LogP contribution is 2.33. The molecule has 0 unspecified atom stereocenters. The first kappa shape index (κ1) is 21.6. The van der Waals surface area contributed by atoms with E-state index in [0.29, 0.717) is 28.1 Å². The van der Waals surface area contributed by atoms with Crippen molar-refractivity contribution in [1.82, 2.24) is 5.43 Å². The van der Waals surface area contributed by atoms with Gasteiger partial charge in [-0.3, -0.25) is 0 Å². The molecule has 2 rings (SSSR count). The molecule has 0 radical (unpaired) electrons. The van der Waals surface area contributed by atoms with Crippen molar-refractivity contribution in [2.45, 2.75) is 6.54 Å². The number of hydrogen-bond donors (Lipinski definition) is 1. The molecular formula is C18H17Cl2IN2O4. The summed E-state index contributed by atoms with van der Waals surface area (Å²) in [7, 11) is 2.82. The first-order chi connectivity index (χ1) is 13.0. The fourth-order valence-electron chi connectivity index (χ4n) is 2.09. The van der Waals surface area contributed by atoms with E-state index in [9.17, 15) is 4.79 Å². The zero-order chi connectivity index (χ0) is 19.8. The molecule has 6 nitrogen and oxygen atoms in total. The third kappa shape index (κ3) is 6.15. The molecule has 0 amide bonds. The summed E-state index contributed by atoms with van der Waals surface area (Å²) in [6.45, 7) is 0.194. The number of nitrogens with one attached hydrogen (secondary N) is 1. The van der Waals surface area contributed by atoms with Crippen molar-refractivity contribution in [2.75, 3.05) is 20.8 Å². The van der Waals surface area contributed by atoms with E-state index in [1.54, 1.807) is 30.5 Å². The van der Waals surface area contributed by atoms with Crippen LogP contribution in [0.3, 0.4) is 0 Å². The van der Waals surface area contributed by atoms with Gasteiger partial charge in [0.05, 0.1) is 30.5 Å². The molecule has 1 N–H and O–H groups in total. The molecular weight excluding hydrogens is 506 g/mol. The Kier molecular flexibility index (Phi) is 8.46. The van der Waals surface area contributed by atoms with Gasteiger partial charge in [-0.15, -0.1) is 0 Å². The summed E-state index contributed by atoms with van der Waals surface area (Å²) in [5.41, 5.74) is 4.48. The lowest BCUT2D eigenvalue weighted by molar-refractivity contribution is -0.142. The van der Waals surface area contributed by atoms with E-state index < -0.39 is 5.97 Å². The summed E-state index contributed by atoms with van der Waals surface area (Å²) in [4.78, 5) is 11.3. The van der Waals surface area contributed by atoms with E-state index in [1.165, 1.54) is 14.2 Å². The highest BCUT2D eigenvalue weighted by Gasteiger charge is 2.13. The lowest BCUT2D eigenvalue weighted by Crippen LogP contribution is -2.13. The molecule has 9 heteroatoms. The second-order valence-electron chi connectivity index (χ2n) is 5.19. The summed E-state index contributed by atoms with van der Waals surface area (Å²) in [6, 6.07) is 8.93. The molecule has 27 heavy (non-hydrogen) atoms. The van der Waals surface area contributed by atoms with Crippen LogP contribution in [0.2, 0.25) is 10.0 Å². The minimum atomic E-state index is -0.471. The first-order valence-corrected chi connectivity index (χ1v) is 9.55. The van der Waals surface area contributed by atoms with Crippen molar-refractivity contribution in [3.63, 3.8) is 0 Å². The van der Waals surface area contributed by atoms with E-state index in [2.05, 4.69) is 37.9 Å². The maximum Gasteiger partial charge on any atom is 0.343 e. The fourth-order valence-corrected chi connectivity index (χ4v) is 3.40. The smallest absolute Gasteiger partial charge is 0.343 e. The first-order valence-electron chi connectivity index (χ1n) is 7.72. The summed E-state index contributed by atoms with van der Waals surface area (Å²) < 4.78 is 16.2. The van der Waals surface area contributed by atoms with Crippen LogP contribution < -0.4 is 14.9 Å². The van der Waals surface area contributed by atoms with Crippen molar-refractivity contribution in [1.29, 1.82) is 0 Å². The van der Waals surface area contributed by atoms with Crippen LogP contribution in [0.25, 0.3) is 0 Å². The second-order valence-corrected chi connectivity index (χ2v) is 7.17. The molecule has 0 aromatic heterocycles. The Labute approximate surface area is 180 Å². The Morgan fingerprint density at radius 3 is 2.59 bits per heavy atom. The summed E-state index contributed by atoms with van der Waals surface area (Å²) in [5, 5.41) is 5.34. The van der Waals surface area contributed by atoms with E-state index in [0.717, 1.165) is 14.7 Å². The number of halogens is 3. The van der Waals surface area contributed by atoms with Crippen molar-refractivity contribution in [2.24, 2.45) is 5.10 Å². The van der Waals surface area contributed by atoms with E-state index in [-0.39, 0.29) is 6.61 Å². The SMILES string of the molecule is COC(=O)COc1c(I)cc(/C=N/NCc2c(Cl)cccc2Cl)cc1OC. The maximum absolute atomic E-state index is 11.3. The molecule has 144 valence electrons. The Morgan fingerprint density at radius 2 is 1.96 bits per heavy atom. The average molecular weight is 523 g/mol. The normalized spacial score (nSPS) is 10.7. The van der Waals surface area contributed by atoms with Crippen LogP contribution in [0.1, 0.15) is 11.1 Å². The molecule has 0 spiro atoms. The van der Waals surface area contributed by atoms with Gasteiger partial charge in [-0.1, -0.05) is 29.3 Å². The minimum absolute atomic E-state index is 0.198. The molecule has 2 aromatic carbocycles. The third-order valence-electron chi connectivity index (χ3n) is 3.44. The van der Waals surface area contributed by atoms with E-state index >= 15 is 0 Å². The molecule has 2 aromatic rings. The Bertz CT molecular complexity index is 826. The fraction of sp³-hybridized carbons (Fsp3) is 0.222. The number of ether oxygens (including phenoxy) is 3. The second kappa shape index (κ2) is 10.6. The van der Waals surface area contributed by atoms with Gasteiger partial charge in [0.25, 0.3) is 0 Å². The molecule has 0 aliphatic heterocycles. The lowest BCUT2D eigenvalue weighted by Gasteiger charge is -2.12. The van der Waals surface area contributed by atoms with Crippen LogP contribution in [0, 0.1) is 3.57 Å². The quantitative estimate of drug-likeness (QED) is 0.242. The van der Waals surface area contributed by atoms with Crippen LogP contribution in [-0.2, 0) is 16.1 Å². The number of nitrogens with zero attached hydrogens (tertiary/aromatic N) is 1. The summed E-state index contributed by atoms with van der Waals surface area (Å²) in [5.74, 6) is 0.485. The lowest BCUT2D eigenvalue weighted by atomic mass is 10.2. The largest absolute Gasteiger partial charge is 0.493 e. The van der Waals surface area contributed by atoms with Crippen LogP contribution in [0.4, 0.5) is 0 Å². The Morgan fingerprint density at radius 1 is 1.26 bits per heavy atom. The van der Waals surface area contributed by atoms with Crippen molar-refractivity contribution in [3.05, 3.63) is 55.1 Å². The molecule has 0 atom stereocenters. The number of rotatable bonds is 8. The van der Waals surface area contributed by atoms with Crippen molar-refractivity contribution >= 4 is 58.0 Å². The zero-order valence-electron chi connectivity index (χ0n) is 14.6. The number of carbonyl (C=O) groups is 1. The van der Waals surface area contributed by atoms with Crippen LogP contribution in [0.15, 0.2) is 35.4 Å². The number of benzene rings is 2. The number of methoxy groups -OCH3 is 2. The van der Waals surface area contributed by atoms with Crippen molar-refractivity contribution in [3.8, 4) is 11.5 Å². The molecule has 0 saturated carbocycles.